The third-order valence-corrected chi connectivity index (χ3v) is 5.17. The second kappa shape index (κ2) is 4.57. The van der Waals surface area contributed by atoms with Crippen LogP contribution in [-0.2, 0) is 25.5 Å². The van der Waals surface area contributed by atoms with Crippen LogP contribution in [0.2, 0.25) is 5.15 Å². The molecule has 0 radical (unpaired) electrons. The van der Waals surface area contributed by atoms with E-state index in [9.17, 15) is 4.79 Å². The van der Waals surface area contributed by atoms with Gasteiger partial charge in [-0.15, -0.1) is 0 Å². The molecule has 3 heterocycles. The van der Waals surface area contributed by atoms with Gasteiger partial charge in [-0.2, -0.15) is 0 Å². The highest BCUT2D eigenvalue weighted by molar-refractivity contribution is 6.30. The SMILES string of the molecule is C[C@H]1OC2(CC[C@@]3(COC(=O)N3)c3ccnc(Cl)c32)O[C@@H]1C. The largest absolute Gasteiger partial charge is 0.447 e. The van der Waals surface area contributed by atoms with Gasteiger partial charge in [0.15, 0.2) is 5.79 Å². The van der Waals surface area contributed by atoms with E-state index in [1.165, 1.54) is 0 Å². The lowest BCUT2D eigenvalue weighted by molar-refractivity contribution is -0.196. The number of alkyl carbamates (subject to hydrolysis) is 1. The zero-order chi connectivity index (χ0) is 15.5. The van der Waals surface area contributed by atoms with Gasteiger partial charge in [0.05, 0.1) is 17.8 Å². The van der Waals surface area contributed by atoms with Crippen LogP contribution in [0.3, 0.4) is 0 Å². The van der Waals surface area contributed by atoms with Crippen molar-refractivity contribution in [1.29, 1.82) is 0 Å². The number of nitrogens with zero attached hydrogens (tertiary/aromatic N) is 1. The normalized spacial score (nSPS) is 35.5. The van der Waals surface area contributed by atoms with Crippen LogP contribution >= 0.6 is 11.6 Å². The van der Waals surface area contributed by atoms with E-state index in [-0.39, 0.29) is 18.8 Å². The molecule has 1 aliphatic carbocycles. The predicted octanol–water partition coefficient (Wildman–Crippen LogP) is 2.44. The number of aromatic nitrogens is 1. The summed E-state index contributed by atoms with van der Waals surface area (Å²) in [6.07, 6.45) is 2.40. The molecule has 118 valence electrons. The molecule has 22 heavy (non-hydrogen) atoms. The van der Waals surface area contributed by atoms with Crippen molar-refractivity contribution in [2.75, 3.05) is 6.61 Å². The Hall–Kier alpha value is -1.37. The van der Waals surface area contributed by atoms with Crippen LogP contribution in [0.15, 0.2) is 12.3 Å². The number of carbonyl (C=O) groups is 1. The predicted molar refractivity (Wildman–Crippen MR) is 77.4 cm³/mol. The summed E-state index contributed by atoms with van der Waals surface area (Å²) < 4.78 is 17.4. The van der Waals surface area contributed by atoms with E-state index < -0.39 is 17.4 Å². The molecule has 0 bridgehead atoms. The maximum absolute atomic E-state index is 11.6. The Morgan fingerprint density at radius 1 is 1.32 bits per heavy atom. The summed E-state index contributed by atoms with van der Waals surface area (Å²) in [6.45, 7) is 4.24. The molecule has 0 aromatic carbocycles. The smallest absolute Gasteiger partial charge is 0.408 e. The van der Waals surface area contributed by atoms with Crippen molar-refractivity contribution in [3.63, 3.8) is 0 Å². The molecule has 3 aliphatic rings. The quantitative estimate of drug-likeness (QED) is 0.742. The average Bonchev–Trinajstić information content (AvgIpc) is 2.98. The number of hydrogen-bond acceptors (Lipinski definition) is 5. The minimum Gasteiger partial charge on any atom is -0.447 e. The van der Waals surface area contributed by atoms with Gasteiger partial charge in [-0.1, -0.05) is 11.6 Å². The van der Waals surface area contributed by atoms with Crippen LogP contribution in [0, 0.1) is 0 Å². The summed E-state index contributed by atoms with van der Waals surface area (Å²) in [6, 6.07) is 1.86. The van der Waals surface area contributed by atoms with Crippen LogP contribution in [0.4, 0.5) is 4.79 Å². The fraction of sp³-hybridized carbons (Fsp3) is 0.600. The van der Waals surface area contributed by atoms with E-state index in [2.05, 4.69) is 10.3 Å². The third kappa shape index (κ3) is 1.81. The fourth-order valence-electron chi connectivity index (χ4n) is 3.63. The number of ether oxygens (including phenoxy) is 3. The van der Waals surface area contributed by atoms with Gasteiger partial charge in [-0.05, 0) is 31.9 Å². The molecule has 7 heteroatoms. The molecule has 6 nitrogen and oxygen atoms in total. The van der Waals surface area contributed by atoms with E-state index in [4.69, 9.17) is 25.8 Å². The first-order chi connectivity index (χ1) is 10.5. The van der Waals surface area contributed by atoms with Crippen molar-refractivity contribution in [2.24, 2.45) is 0 Å². The molecule has 0 saturated carbocycles. The Labute approximate surface area is 133 Å². The number of nitrogens with one attached hydrogen (secondary N) is 1. The van der Waals surface area contributed by atoms with Crippen LogP contribution in [0.1, 0.15) is 37.8 Å². The van der Waals surface area contributed by atoms with Crippen molar-refractivity contribution in [1.82, 2.24) is 10.3 Å². The highest BCUT2D eigenvalue weighted by Gasteiger charge is 2.57. The van der Waals surface area contributed by atoms with E-state index in [1.54, 1.807) is 6.20 Å². The number of halogens is 1. The van der Waals surface area contributed by atoms with Gasteiger partial charge in [-0.25, -0.2) is 9.78 Å². The molecule has 3 atom stereocenters. The van der Waals surface area contributed by atoms with Gasteiger partial charge in [0, 0.05) is 12.6 Å². The second-order valence-electron chi connectivity index (χ2n) is 6.21. The van der Waals surface area contributed by atoms with Gasteiger partial charge < -0.3 is 19.5 Å². The van der Waals surface area contributed by atoms with Crippen LogP contribution in [0.5, 0.6) is 0 Å². The summed E-state index contributed by atoms with van der Waals surface area (Å²) in [7, 11) is 0. The third-order valence-electron chi connectivity index (χ3n) is 4.89. The van der Waals surface area contributed by atoms with Crippen molar-refractivity contribution in [3.8, 4) is 0 Å². The summed E-state index contributed by atoms with van der Waals surface area (Å²) >= 11 is 6.38. The van der Waals surface area contributed by atoms with Crippen LogP contribution in [-0.4, -0.2) is 29.9 Å². The number of pyridine rings is 1. The van der Waals surface area contributed by atoms with Crippen LogP contribution in [0.25, 0.3) is 0 Å². The number of carbonyl (C=O) groups excluding carboxylic acids is 1. The Morgan fingerprint density at radius 3 is 2.68 bits per heavy atom. The maximum Gasteiger partial charge on any atom is 0.408 e. The molecule has 1 amide bonds. The minimum absolute atomic E-state index is 0.0346. The molecule has 2 spiro atoms. The Morgan fingerprint density at radius 2 is 2.05 bits per heavy atom. The first-order valence-electron chi connectivity index (χ1n) is 7.42. The van der Waals surface area contributed by atoms with Gasteiger partial charge in [-0.3, -0.25) is 0 Å². The van der Waals surface area contributed by atoms with E-state index in [1.807, 2.05) is 19.9 Å². The van der Waals surface area contributed by atoms with Crippen LogP contribution < -0.4 is 5.32 Å². The molecular formula is C15H17ClN2O4. The summed E-state index contributed by atoms with van der Waals surface area (Å²) in [4.78, 5) is 15.8. The van der Waals surface area contributed by atoms with Gasteiger partial charge >= 0.3 is 6.09 Å². The lowest BCUT2D eigenvalue weighted by Crippen LogP contribution is -2.49. The molecule has 1 aromatic heterocycles. The van der Waals surface area contributed by atoms with Crippen molar-refractivity contribution >= 4 is 17.7 Å². The minimum atomic E-state index is -0.891. The Balaban J connectivity index is 1.87. The Bertz CT molecular complexity index is 642. The van der Waals surface area contributed by atoms with Crippen molar-refractivity contribution < 1.29 is 19.0 Å². The summed E-state index contributed by atoms with van der Waals surface area (Å²) in [5.41, 5.74) is 1.00. The number of hydrogen-bond donors (Lipinski definition) is 1. The molecule has 2 aliphatic heterocycles. The zero-order valence-corrected chi connectivity index (χ0v) is 13.1. The van der Waals surface area contributed by atoms with E-state index in [0.717, 1.165) is 5.56 Å². The molecule has 2 saturated heterocycles. The lowest BCUT2D eigenvalue weighted by Gasteiger charge is -2.42. The first kappa shape index (κ1) is 14.2. The fourth-order valence-corrected chi connectivity index (χ4v) is 3.93. The summed E-state index contributed by atoms with van der Waals surface area (Å²) in [5, 5.41) is 3.27. The van der Waals surface area contributed by atoms with Gasteiger partial charge in [0.1, 0.15) is 17.3 Å². The van der Waals surface area contributed by atoms with Crippen molar-refractivity contribution in [2.45, 2.75) is 50.2 Å². The van der Waals surface area contributed by atoms with Gasteiger partial charge in [0.25, 0.3) is 0 Å². The summed E-state index contributed by atoms with van der Waals surface area (Å²) in [5.74, 6) is -0.891. The first-order valence-corrected chi connectivity index (χ1v) is 7.80. The van der Waals surface area contributed by atoms with Crippen molar-refractivity contribution in [3.05, 3.63) is 28.5 Å². The molecule has 1 N–H and O–H groups in total. The van der Waals surface area contributed by atoms with E-state index >= 15 is 0 Å². The highest BCUT2D eigenvalue weighted by Crippen LogP contribution is 2.53. The Kier molecular flexibility index (Phi) is 2.95. The number of fused-ring (bicyclic) bond motifs is 3. The standard InChI is InChI=1S/C15H17ClN2O4/c1-8-9(2)22-15(21-8)5-4-14(7-20-13(19)18-14)10-3-6-17-12(16)11(10)15/h3,6,8-9H,4-5,7H2,1-2H3,(H,18,19)/t8-,9-,14-/m1/s1. The molecule has 0 unspecified atom stereocenters. The molecule has 4 rings (SSSR count). The number of cyclic esters (lactones) is 1. The molecule has 1 aromatic rings. The van der Waals surface area contributed by atoms with E-state index in [0.29, 0.717) is 23.6 Å². The number of amides is 1. The number of rotatable bonds is 0. The van der Waals surface area contributed by atoms with Gasteiger partial charge in [0.2, 0.25) is 0 Å². The average molecular weight is 325 g/mol. The monoisotopic (exact) mass is 324 g/mol. The maximum atomic E-state index is 11.6. The molecular weight excluding hydrogens is 308 g/mol. The lowest BCUT2D eigenvalue weighted by atomic mass is 9.75. The highest BCUT2D eigenvalue weighted by atomic mass is 35.5. The second-order valence-corrected chi connectivity index (χ2v) is 6.56. The zero-order valence-electron chi connectivity index (χ0n) is 12.4. The topological polar surface area (TPSA) is 69.7 Å². The molecule has 2 fully saturated rings.